The van der Waals surface area contributed by atoms with Crippen LogP contribution in [-0.2, 0) is 4.79 Å². The second kappa shape index (κ2) is 13.1. The molecule has 4 aromatic rings. The molecule has 0 radical (unpaired) electrons. The number of hydrogen-bond acceptors (Lipinski definition) is 10. The van der Waals surface area contributed by atoms with Gasteiger partial charge in [0.05, 0.1) is 26.9 Å². The second-order valence-electron chi connectivity index (χ2n) is 15.6. The van der Waals surface area contributed by atoms with Gasteiger partial charge in [-0.05, 0) is 69.3 Å². The van der Waals surface area contributed by atoms with Gasteiger partial charge in [-0.3, -0.25) is 9.69 Å². The Labute approximate surface area is 314 Å². The van der Waals surface area contributed by atoms with Gasteiger partial charge in [0.25, 0.3) is 0 Å². The van der Waals surface area contributed by atoms with Crippen LogP contribution in [0.1, 0.15) is 56.9 Å². The molecule has 1 amide bonds. The van der Waals surface area contributed by atoms with E-state index in [1.165, 1.54) is 12.1 Å². The van der Waals surface area contributed by atoms with Gasteiger partial charge < -0.3 is 25.6 Å². The van der Waals surface area contributed by atoms with Crippen molar-refractivity contribution in [2.45, 2.75) is 69.1 Å². The number of fused-ring (bicyclic) bond motifs is 3. The van der Waals surface area contributed by atoms with E-state index in [9.17, 15) is 14.4 Å². The Balaban J connectivity index is 1.14. The number of nitrogens with two attached hydrogens (primary N) is 1. The monoisotopic (exact) mass is 764 g/mol. The minimum Gasteiger partial charge on any atom is -0.461 e. The third-order valence-electron chi connectivity index (χ3n) is 12.2. The number of ether oxygens (including phenoxy) is 1. The van der Waals surface area contributed by atoms with Crippen molar-refractivity contribution < 1.29 is 22.7 Å². The summed E-state index contributed by atoms with van der Waals surface area (Å²) >= 11 is 7.88. The number of thiophene rings is 1. The highest BCUT2D eigenvalue weighted by Gasteiger charge is 2.50. The molecule has 7 heterocycles. The number of nitrogen functional groups attached to an aromatic ring is 1. The van der Waals surface area contributed by atoms with Crippen molar-refractivity contribution in [2.24, 2.45) is 5.41 Å². The SMILES string of the molecule is N#Cc1c(N)sc2c(F)ccc(-c3c(Cl)cc4c(N5CCCCC6(CN(C(=O)C7CCCN7)C6)C5)nc(OC[C@@]56CCCN5C[C@H](F)C6)nc4c3F)c12. The molecule has 5 aliphatic heterocycles. The first kappa shape index (κ1) is 34.8. The van der Waals surface area contributed by atoms with E-state index in [2.05, 4.69) is 20.1 Å². The fourth-order valence-corrected chi connectivity index (χ4v) is 11.0. The first-order valence-electron chi connectivity index (χ1n) is 18.5. The fraction of sp³-hybridized carbons (Fsp3) is 0.526. The van der Waals surface area contributed by atoms with E-state index in [-0.39, 0.29) is 72.3 Å². The lowest BCUT2D eigenvalue weighted by Gasteiger charge is -2.52. The normalized spacial score (nSPS) is 25.6. The molecule has 3 N–H and O–H groups in total. The number of nitriles is 1. The number of hydrogen-bond donors (Lipinski definition) is 2. The van der Waals surface area contributed by atoms with Crippen LogP contribution in [-0.4, -0.2) is 95.8 Å². The lowest BCUT2D eigenvalue weighted by molar-refractivity contribution is -0.145. The number of amides is 1. The third kappa shape index (κ3) is 5.77. The molecule has 0 aliphatic carbocycles. The molecule has 1 spiro atoms. The Bertz CT molecular complexity index is 2180. The second-order valence-corrected chi connectivity index (χ2v) is 17.1. The van der Waals surface area contributed by atoms with Gasteiger partial charge in [-0.15, -0.1) is 11.3 Å². The summed E-state index contributed by atoms with van der Waals surface area (Å²) in [5, 5.41) is 14.0. The van der Waals surface area contributed by atoms with Crippen LogP contribution in [0.5, 0.6) is 6.01 Å². The lowest BCUT2D eigenvalue weighted by Crippen LogP contribution is -2.64. The minimum absolute atomic E-state index is 0.0269. The van der Waals surface area contributed by atoms with Crippen LogP contribution in [0, 0.1) is 28.4 Å². The van der Waals surface area contributed by atoms with Gasteiger partial charge >= 0.3 is 6.01 Å². The summed E-state index contributed by atoms with van der Waals surface area (Å²) in [4.78, 5) is 29.0. The van der Waals surface area contributed by atoms with E-state index in [0.29, 0.717) is 50.3 Å². The van der Waals surface area contributed by atoms with Crippen LogP contribution >= 0.6 is 22.9 Å². The molecular weight excluding hydrogens is 725 g/mol. The van der Waals surface area contributed by atoms with Crippen molar-refractivity contribution in [2.75, 3.05) is 63.1 Å². The van der Waals surface area contributed by atoms with E-state index < -0.39 is 23.3 Å². The predicted molar refractivity (Wildman–Crippen MR) is 199 cm³/mol. The van der Waals surface area contributed by atoms with Crippen LogP contribution in [0.4, 0.5) is 24.0 Å². The molecule has 15 heteroatoms. The van der Waals surface area contributed by atoms with Gasteiger partial charge in [0.2, 0.25) is 5.91 Å². The largest absolute Gasteiger partial charge is 0.461 e. The van der Waals surface area contributed by atoms with Crippen molar-refractivity contribution in [3.05, 3.63) is 40.4 Å². The van der Waals surface area contributed by atoms with Crippen molar-refractivity contribution in [3.8, 4) is 23.2 Å². The van der Waals surface area contributed by atoms with Gasteiger partial charge in [-0.1, -0.05) is 24.1 Å². The number of carbonyl (C=O) groups is 1. The zero-order valence-electron chi connectivity index (χ0n) is 29.2. The maximum atomic E-state index is 17.3. The number of likely N-dealkylation sites (tertiary alicyclic amines) is 1. The molecule has 9 rings (SSSR count). The van der Waals surface area contributed by atoms with Gasteiger partial charge in [0, 0.05) is 60.9 Å². The summed E-state index contributed by atoms with van der Waals surface area (Å²) in [7, 11) is 0. The molecule has 5 aliphatic rings. The van der Waals surface area contributed by atoms with Gasteiger partial charge in [0.15, 0.2) is 5.82 Å². The molecule has 5 fully saturated rings. The van der Waals surface area contributed by atoms with E-state index >= 15 is 8.78 Å². The van der Waals surface area contributed by atoms with E-state index in [1.54, 1.807) is 6.07 Å². The van der Waals surface area contributed by atoms with Crippen LogP contribution in [0.3, 0.4) is 0 Å². The average Bonchev–Trinajstić information content (AvgIpc) is 3.89. The number of aromatic nitrogens is 2. The maximum absolute atomic E-state index is 17.3. The number of carbonyl (C=O) groups excluding carboxylic acids is 1. The highest BCUT2D eigenvalue weighted by molar-refractivity contribution is 7.23. The Kier molecular flexibility index (Phi) is 8.64. The standard InChI is InChI=1S/C38H40ClF3N8O2S/c39-25-13-23-31(30(42)29(25)22-6-7-26(41)32-28(22)24(15-43)33(44)53-32)46-36(52-20-38-9-4-12-50(38)16-21(40)14-38)47-34(23)48-11-2-1-8-37(17-48)18-49(19-37)35(51)27-5-3-10-45-27/h6-7,13,21,27,45H,1-5,8-12,14,16-20,44H2/t21-,27?,38+/m1/s1. The molecule has 53 heavy (non-hydrogen) atoms. The van der Waals surface area contributed by atoms with Crippen LogP contribution < -0.4 is 20.7 Å². The number of nitrogens with one attached hydrogen (secondary N) is 1. The predicted octanol–water partition coefficient (Wildman–Crippen LogP) is 6.42. The summed E-state index contributed by atoms with van der Waals surface area (Å²) in [5.41, 5.74) is 5.70. The third-order valence-corrected chi connectivity index (χ3v) is 13.5. The maximum Gasteiger partial charge on any atom is 0.319 e. The Hall–Kier alpha value is -3.90. The van der Waals surface area contributed by atoms with E-state index in [0.717, 1.165) is 69.4 Å². The van der Waals surface area contributed by atoms with Crippen LogP contribution in [0.15, 0.2) is 18.2 Å². The smallest absolute Gasteiger partial charge is 0.319 e. The van der Waals surface area contributed by atoms with Crippen molar-refractivity contribution in [3.63, 3.8) is 0 Å². The summed E-state index contributed by atoms with van der Waals surface area (Å²) < 4.78 is 53.4. The highest BCUT2D eigenvalue weighted by atomic mass is 35.5. The molecule has 3 atom stereocenters. The molecule has 278 valence electrons. The molecule has 0 bridgehead atoms. The quantitative estimate of drug-likeness (QED) is 0.229. The zero-order valence-corrected chi connectivity index (χ0v) is 30.8. The van der Waals surface area contributed by atoms with E-state index in [1.807, 2.05) is 11.0 Å². The first-order chi connectivity index (χ1) is 25.6. The zero-order chi connectivity index (χ0) is 36.6. The van der Waals surface area contributed by atoms with Crippen LogP contribution in [0.2, 0.25) is 5.02 Å². The van der Waals surface area contributed by atoms with Crippen molar-refractivity contribution in [1.29, 1.82) is 5.26 Å². The van der Waals surface area contributed by atoms with Gasteiger partial charge in [0.1, 0.15) is 41.0 Å². The molecule has 2 aromatic carbocycles. The number of nitrogens with zero attached hydrogens (tertiary/aromatic N) is 6. The minimum atomic E-state index is -0.947. The number of halogens is 4. The molecule has 2 aromatic heterocycles. The molecule has 10 nitrogen and oxygen atoms in total. The topological polar surface area (TPSA) is 124 Å². The molecule has 5 saturated heterocycles. The molecule has 1 unspecified atom stereocenters. The summed E-state index contributed by atoms with van der Waals surface area (Å²) in [6, 6.07) is 6.15. The van der Waals surface area contributed by atoms with Gasteiger partial charge in [-0.2, -0.15) is 15.2 Å². The Morgan fingerprint density at radius 3 is 2.79 bits per heavy atom. The lowest BCUT2D eigenvalue weighted by atomic mass is 9.75. The van der Waals surface area contributed by atoms with Gasteiger partial charge in [-0.25, -0.2) is 13.2 Å². The summed E-state index contributed by atoms with van der Waals surface area (Å²) in [6.45, 7) is 4.69. The summed E-state index contributed by atoms with van der Waals surface area (Å²) in [6.07, 6.45) is 5.77. The summed E-state index contributed by atoms with van der Waals surface area (Å²) in [5.74, 6) is -0.716. The number of benzene rings is 2. The van der Waals surface area contributed by atoms with Crippen molar-refractivity contribution in [1.82, 2.24) is 25.1 Å². The first-order valence-corrected chi connectivity index (χ1v) is 19.7. The average molecular weight is 765 g/mol. The van der Waals surface area contributed by atoms with Crippen LogP contribution in [0.25, 0.3) is 32.1 Å². The number of anilines is 2. The number of alkyl halides is 1. The fourth-order valence-electron chi connectivity index (χ4n) is 9.71. The highest BCUT2D eigenvalue weighted by Crippen LogP contribution is 2.47. The Morgan fingerprint density at radius 1 is 1.15 bits per heavy atom. The molecular formula is C38H40ClF3N8O2S. The van der Waals surface area contributed by atoms with E-state index in [4.69, 9.17) is 27.1 Å². The molecule has 0 saturated carbocycles. The van der Waals surface area contributed by atoms with Crippen molar-refractivity contribution >= 4 is 60.7 Å². The number of rotatable bonds is 6. The Morgan fingerprint density at radius 2 is 2.00 bits per heavy atom.